The summed E-state index contributed by atoms with van der Waals surface area (Å²) in [4.78, 5) is 4.92. The quantitative estimate of drug-likeness (QED) is 0.179. The summed E-state index contributed by atoms with van der Waals surface area (Å²) in [6, 6.07) is 20.3. The molecule has 0 bridgehead atoms. The highest BCUT2D eigenvalue weighted by Gasteiger charge is 2.28. The minimum atomic E-state index is -3.88. The average Bonchev–Trinajstić information content (AvgIpc) is 3.46. The van der Waals surface area contributed by atoms with Gasteiger partial charge in [0.05, 0.1) is 22.6 Å². The predicted molar refractivity (Wildman–Crippen MR) is 160 cm³/mol. The molecule has 2 heterocycles. The molecule has 0 atom stereocenters. The second-order valence-corrected chi connectivity index (χ2v) is 11.6. The van der Waals surface area contributed by atoms with Crippen LogP contribution in [-0.2, 0) is 16.6 Å². The Balaban J connectivity index is 1.48. The molecule has 0 spiro atoms. The minimum absolute atomic E-state index is 0.374. The van der Waals surface area contributed by atoms with Crippen molar-refractivity contribution in [2.45, 2.75) is 32.6 Å². The molecular weight excluding hydrogens is 567 g/mol. The van der Waals surface area contributed by atoms with Crippen molar-refractivity contribution in [3.05, 3.63) is 112 Å². The molecule has 0 saturated heterocycles. The van der Waals surface area contributed by atoms with E-state index < -0.39 is 16.1 Å². The van der Waals surface area contributed by atoms with Crippen molar-refractivity contribution in [3.63, 3.8) is 0 Å². The van der Waals surface area contributed by atoms with Crippen LogP contribution in [0.5, 0.6) is 0 Å². The topological polar surface area (TPSA) is 87.5 Å². The second kappa shape index (κ2) is 11.7. The zero-order chi connectivity index (χ0) is 28.3. The maximum atomic E-state index is 12.3. The van der Waals surface area contributed by atoms with Crippen LogP contribution in [0, 0.1) is 11.8 Å². The largest absolute Gasteiger partial charge is 0.493 e. The molecule has 10 heteroatoms. The highest BCUT2D eigenvalue weighted by molar-refractivity contribution is 7.91. The number of hydrogen-bond acceptors (Lipinski definition) is 4. The molecular formula is C30H26Cl2N4O3S. The third-order valence-electron chi connectivity index (χ3n) is 6.30. The summed E-state index contributed by atoms with van der Waals surface area (Å²) in [5.41, 5.74) is 4.61. The van der Waals surface area contributed by atoms with Crippen LogP contribution in [0.1, 0.15) is 43.1 Å². The van der Waals surface area contributed by atoms with E-state index in [2.05, 4.69) is 18.8 Å². The number of benzene rings is 3. The van der Waals surface area contributed by atoms with Gasteiger partial charge in [-0.2, -0.15) is 8.42 Å². The van der Waals surface area contributed by atoms with Gasteiger partial charge in [-0.15, -0.1) is 0 Å². The van der Waals surface area contributed by atoms with Gasteiger partial charge < -0.3 is 9.67 Å². The zero-order valence-corrected chi connectivity index (χ0v) is 23.9. The molecule has 2 N–H and O–H groups in total. The number of aliphatic hydroxyl groups excluding tert-OH is 1. The van der Waals surface area contributed by atoms with Gasteiger partial charge in [-0.25, -0.2) is 14.0 Å². The Morgan fingerprint density at radius 2 is 1.73 bits per heavy atom. The Kier molecular flexibility index (Phi) is 8.08. The zero-order valence-electron chi connectivity index (χ0n) is 21.6. The number of hydrogen-bond donors (Lipinski definition) is 2. The highest BCUT2D eigenvalue weighted by atomic mass is 35.5. The van der Waals surface area contributed by atoms with Gasteiger partial charge in [0.1, 0.15) is 5.82 Å². The predicted octanol–water partition coefficient (Wildman–Crippen LogP) is 6.99. The molecule has 0 saturated carbocycles. The monoisotopic (exact) mass is 592 g/mol. The first-order chi connectivity index (χ1) is 19.2. The molecule has 1 aliphatic rings. The van der Waals surface area contributed by atoms with E-state index in [0.29, 0.717) is 27.8 Å². The van der Waals surface area contributed by atoms with Gasteiger partial charge in [-0.1, -0.05) is 60.5 Å². The molecule has 0 unspecified atom stereocenters. The Morgan fingerprint density at radius 3 is 2.38 bits per heavy atom. The van der Waals surface area contributed by atoms with E-state index >= 15 is 0 Å². The molecule has 3 aromatic carbocycles. The van der Waals surface area contributed by atoms with E-state index in [1.54, 1.807) is 36.4 Å². The molecule has 0 aliphatic carbocycles. The second-order valence-electron chi connectivity index (χ2n) is 9.25. The SMILES string of the molecule is CCCCC#Cc1ccc(Cc2nc(-c3ccc(Cl)cc3Cl)cn2-c2ccc(N3C=C(O)NS3(=O)=O)cc2)cc1. The number of aromatic nitrogens is 2. The number of rotatable bonds is 7. The lowest BCUT2D eigenvalue weighted by Crippen LogP contribution is -2.29. The third-order valence-corrected chi connectivity index (χ3v) is 8.15. The first-order valence-electron chi connectivity index (χ1n) is 12.7. The smallest absolute Gasteiger partial charge is 0.330 e. The van der Waals surface area contributed by atoms with E-state index in [1.807, 2.05) is 45.8 Å². The van der Waals surface area contributed by atoms with Crippen LogP contribution in [-0.4, -0.2) is 23.1 Å². The lowest BCUT2D eigenvalue weighted by Gasteiger charge is -2.15. The van der Waals surface area contributed by atoms with Crippen molar-refractivity contribution in [1.29, 1.82) is 0 Å². The van der Waals surface area contributed by atoms with Gasteiger partial charge >= 0.3 is 10.2 Å². The Hall–Kier alpha value is -3.90. The van der Waals surface area contributed by atoms with E-state index in [-0.39, 0.29) is 0 Å². The number of nitrogens with zero attached hydrogens (tertiary/aromatic N) is 3. The number of nitrogens with one attached hydrogen (secondary N) is 1. The van der Waals surface area contributed by atoms with Gasteiger partial charge in [0.25, 0.3) is 0 Å². The molecule has 40 heavy (non-hydrogen) atoms. The number of halogens is 2. The van der Waals surface area contributed by atoms with Crippen molar-refractivity contribution in [1.82, 2.24) is 14.3 Å². The van der Waals surface area contributed by atoms with Crippen LogP contribution in [0.2, 0.25) is 10.0 Å². The van der Waals surface area contributed by atoms with Gasteiger partial charge in [0.2, 0.25) is 5.88 Å². The van der Waals surface area contributed by atoms with E-state index in [0.717, 1.165) is 58.0 Å². The number of unbranched alkanes of at least 4 members (excludes halogenated alkanes) is 2. The summed E-state index contributed by atoms with van der Waals surface area (Å²) < 4.78 is 29.5. The van der Waals surface area contributed by atoms with E-state index in [1.165, 1.54) is 0 Å². The molecule has 0 radical (unpaired) electrons. The minimum Gasteiger partial charge on any atom is -0.493 e. The van der Waals surface area contributed by atoms with Crippen molar-refractivity contribution < 1.29 is 13.5 Å². The Bertz CT molecular complexity index is 1740. The van der Waals surface area contributed by atoms with Gasteiger partial charge in [-0.3, -0.25) is 0 Å². The fraction of sp³-hybridized carbons (Fsp3) is 0.167. The summed E-state index contributed by atoms with van der Waals surface area (Å²) in [6.45, 7) is 2.15. The highest BCUT2D eigenvalue weighted by Crippen LogP contribution is 2.32. The first-order valence-corrected chi connectivity index (χ1v) is 14.9. The average molecular weight is 594 g/mol. The van der Waals surface area contributed by atoms with Crippen LogP contribution >= 0.6 is 23.2 Å². The molecule has 204 valence electrons. The van der Waals surface area contributed by atoms with Crippen LogP contribution in [0.4, 0.5) is 5.69 Å². The van der Waals surface area contributed by atoms with E-state index in [4.69, 9.17) is 28.2 Å². The molecule has 5 rings (SSSR count). The van der Waals surface area contributed by atoms with Crippen molar-refractivity contribution in [2.75, 3.05) is 4.31 Å². The lowest BCUT2D eigenvalue weighted by atomic mass is 10.1. The van der Waals surface area contributed by atoms with Gasteiger partial charge in [0, 0.05) is 40.9 Å². The summed E-state index contributed by atoms with van der Waals surface area (Å²) in [5.74, 6) is 6.75. The maximum absolute atomic E-state index is 12.3. The van der Waals surface area contributed by atoms with Crippen LogP contribution in [0.3, 0.4) is 0 Å². The van der Waals surface area contributed by atoms with Crippen LogP contribution < -0.4 is 9.03 Å². The number of anilines is 1. The molecule has 1 aromatic heterocycles. The van der Waals surface area contributed by atoms with Crippen LogP contribution in [0.25, 0.3) is 16.9 Å². The van der Waals surface area contributed by atoms with Crippen molar-refractivity contribution in [3.8, 4) is 28.8 Å². The fourth-order valence-corrected chi connectivity index (χ4v) is 5.83. The summed E-state index contributed by atoms with van der Waals surface area (Å²) in [7, 11) is -3.88. The molecule has 0 fully saturated rings. The summed E-state index contributed by atoms with van der Waals surface area (Å²) >= 11 is 12.6. The van der Waals surface area contributed by atoms with Crippen LogP contribution in [0.15, 0.2) is 85.0 Å². The maximum Gasteiger partial charge on any atom is 0.330 e. The number of aliphatic hydroxyl groups is 1. The normalized spacial score (nSPS) is 13.9. The molecule has 7 nitrogen and oxygen atoms in total. The third kappa shape index (κ3) is 6.13. The Labute approximate surface area is 243 Å². The van der Waals surface area contributed by atoms with Crippen molar-refractivity contribution in [2.24, 2.45) is 0 Å². The lowest BCUT2D eigenvalue weighted by molar-refractivity contribution is 0.392. The molecule has 1 aliphatic heterocycles. The van der Waals surface area contributed by atoms with E-state index in [9.17, 15) is 13.5 Å². The van der Waals surface area contributed by atoms with Crippen molar-refractivity contribution >= 4 is 39.1 Å². The fourth-order valence-electron chi connectivity index (χ4n) is 4.27. The van der Waals surface area contributed by atoms with Gasteiger partial charge in [0.15, 0.2) is 0 Å². The standard InChI is InChI=1S/C30H26Cl2N4O3S/c1-2-3-4-5-6-21-7-9-22(10-8-21)17-29-33-28(26-16-11-23(31)18-27(26)32)19-35(29)24-12-14-25(15-13-24)36-20-30(37)34-40(36,38)39/h7-16,18-20,34,37H,2-4,17H2,1H3. The number of imidazole rings is 1. The molecule has 4 aromatic rings. The Morgan fingerprint density at radius 1 is 1.00 bits per heavy atom. The van der Waals surface area contributed by atoms with Gasteiger partial charge in [-0.05, 0) is 66.6 Å². The summed E-state index contributed by atoms with van der Waals surface area (Å²) in [5, 5.41) is 10.7. The molecule has 0 amide bonds. The first kappa shape index (κ1) is 27.7. The summed E-state index contributed by atoms with van der Waals surface area (Å²) in [6.07, 6.45) is 6.66.